The molecule has 3 heterocycles. The van der Waals surface area contributed by atoms with Crippen molar-refractivity contribution in [1.29, 1.82) is 0 Å². The minimum Gasteiger partial charge on any atom is -0.353 e. The minimum atomic E-state index is -1.18. The summed E-state index contributed by atoms with van der Waals surface area (Å²) in [5.74, 6) is -1.69. The van der Waals surface area contributed by atoms with Crippen molar-refractivity contribution in [2.45, 2.75) is 17.4 Å². The molecule has 3 aliphatic rings. The van der Waals surface area contributed by atoms with E-state index < -0.39 is 23.2 Å². The van der Waals surface area contributed by atoms with Crippen molar-refractivity contribution in [1.82, 2.24) is 20.4 Å². The van der Waals surface area contributed by atoms with Crippen molar-refractivity contribution in [3.05, 3.63) is 63.4 Å². The summed E-state index contributed by atoms with van der Waals surface area (Å²) in [6.45, 7) is 5.38. The molecule has 186 valence electrons. The summed E-state index contributed by atoms with van der Waals surface area (Å²) in [7, 11) is 2.10. The first-order chi connectivity index (χ1) is 16.8. The summed E-state index contributed by atoms with van der Waals surface area (Å²) in [5.41, 5.74) is 0.520. The molecule has 0 unspecified atom stereocenters. The van der Waals surface area contributed by atoms with Gasteiger partial charge in [0.25, 0.3) is 0 Å². The molecule has 3 atom stereocenters. The second-order valence-corrected chi connectivity index (χ2v) is 10.4. The molecule has 0 radical (unpaired) electrons. The van der Waals surface area contributed by atoms with Gasteiger partial charge in [-0.25, -0.2) is 4.39 Å². The van der Waals surface area contributed by atoms with Crippen LogP contribution in [0.5, 0.6) is 0 Å². The molecule has 0 saturated carbocycles. The number of likely N-dealkylation sites (N-methyl/N-ethyl adjacent to an activating group) is 1. The van der Waals surface area contributed by atoms with Crippen LogP contribution in [-0.2, 0) is 15.0 Å². The van der Waals surface area contributed by atoms with E-state index in [9.17, 15) is 14.0 Å². The summed E-state index contributed by atoms with van der Waals surface area (Å²) in [6, 6.07) is 9.20. The van der Waals surface area contributed by atoms with Crippen molar-refractivity contribution < 1.29 is 14.0 Å². The fourth-order valence-electron chi connectivity index (χ4n) is 5.58. The van der Waals surface area contributed by atoms with Crippen molar-refractivity contribution in [3.8, 4) is 0 Å². The van der Waals surface area contributed by atoms with Crippen LogP contribution in [0.15, 0.2) is 36.4 Å². The lowest BCUT2D eigenvalue weighted by molar-refractivity contribution is -0.123. The molecule has 2 fully saturated rings. The number of rotatable bonds is 5. The van der Waals surface area contributed by atoms with E-state index in [1.54, 1.807) is 18.2 Å². The van der Waals surface area contributed by atoms with Gasteiger partial charge in [-0.3, -0.25) is 14.5 Å². The number of piperazine rings is 1. The van der Waals surface area contributed by atoms with Crippen molar-refractivity contribution in [3.63, 3.8) is 0 Å². The van der Waals surface area contributed by atoms with Gasteiger partial charge in [-0.1, -0.05) is 35.3 Å². The van der Waals surface area contributed by atoms with Crippen molar-refractivity contribution in [2.24, 2.45) is 0 Å². The molecule has 1 spiro atoms. The highest BCUT2D eigenvalue weighted by Crippen LogP contribution is 2.52. The van der Waals surface area contributed by atoms with Crippen LogP contribution in [0.4, 0.5) is 10.1 Å². The molecule has 0 aromatic heterocycles. The first kappa shape index (κ1) is 24.5. The number of halogens is 3. The predicted octanol–water partition coefficient (Wildman–Crippen LogP) is 2.44. The highest BCUT2D eigenvalue weighted by atomic mass is 35.5. The lowest BCUT2D eigenvalue weighted by Gasteiger charge is -2.33. The Morgan fingerprint density at radius 3 is 2.71 bits per heavy atom. The number of benzene rings is 2. The Balaban J connectivity index is 1.43. The van der Waals surface area contributed by atoms with Gasteiger partial charge in [0.15, 0.2) is 0 Å². The SMILES string of the molecule is CN1CCN(CCNC(=O)[C@@H]2NC[C@]3(C(=O)Nc4cc(Cl)c(F)cc43)[C@H]2c2cccc(Cl)c2)CC1. The maximum atomic E-state index is 14.6. The van der Waals surface area contributed by atoms with Crippen LogP contribution < -0.4 is 16.0 Å². The number of carbonyl (C=O) groups is 2. The maximum Gasteiger partial charge on any atom is 0.237 e. The summed E-state index contributed by atoms with van der Waals surface area (Å²) in [6.07, 6.45) is 0. The summed E-state index contributed by atoms with van der Waals surface area (Å²) >= 11 is 12.3. The van der Waals surface area contributed by atoms with Gasteiger partial charge in [0, 0.05) is 62.4 Å². The molecular formula is C25H28Cl2FN5O2. The van der Waals surface area contributed by atoms with Crippen LogP contribution in [0.25, 0.3) is 0 Å². The van der Waals surface area contributed by atoms with E-state index in [0.717, 1.165) is 38.3 Å². The van der Waals surface area contributed by atoms with E-state index in [-0.39, 0.29) is 23.4 Å². The molecule has 2 aromatic rings. The third-order valence-corrected chi connectivity index (χ3v) is 8.00. The molecule has 7 nitrogen and oxygen atoms in total. The van der Waals surface area contributed by atoms with Crippen LogP contribution in [0.2, 0.25) is 10.0 Å². The highest BCUT2D eigenvalue weighted by Gasteiger charge is 2.60. The van der Waals surface area contributed by atoms with Gasteiger partial charge in [0.05, 0.1) is 16.5 Å². The van der Waals surface area contributed by atoms with E-state index >= 15 is 0 Å². The fourth-order valence-corrected chi connectivity index (χ4v) is 5.95. The number of amides is 2. The minimum absolute atomic E-state index is 0.0652. The quantitative estimate of drug-likeness (QED) is 0.565. The Hall–Kier alpha value is -2.23. The average Bonchev–Trinajstić information content (AvgIpc) is 3.35. The zero-order valence-corrected chi connectivity index (χ0v) is 20.9. The Bertz CT molecular complexity index is 1160. The number of hydrogen-bond donors (Lipinski definition) is 3. The molecular weight excluding hydrogens is 492 g/mol. The maximum absolute atomic E-state index is 14.6. The second kappa shape index (κ2) is 9.67. The van der Waals surface area contributed by atoms with Gasteiger partial charge in [-0.05, 0) is 42.4 Å². The first-order valence-corrected chi connectivity index (χ1v) is 12.5. The molecule has 3 N–H and O–H groups in total. The molecule has 5 rings (SSSR count). The smallest absolute Gasteiger partial charge is 0.237 e. The summed E-state index contributed by atoms with van der Waals surface area (Å²) in [4.78, 5) is 31.5. The third-order valence-electron chi connectivity index (χ3n) is 7.47. The standard InChI is InChI=1S/C25H28Cl2FN5O2/c1-32-7-9-33(10-8-32)6-5-29-23(34)22-21(15-3-2-4-16(26)11-15)25(14-30-22)17-12-19(28)18(27)13-20(17)31-24(25)35/h2-4,11-13,21-22,30H,5-10,14H2,1H3,(H,29,34)(H,31,35)/t21-,22+,25+/m0/s1. The molecule has 2 aromatic carbocycles. The van der Waals surface area contributed by atoms with Gasteiger partial charge in [-0.15, -0.1) is 0 Å². The van der Waals surface area contributed by atoms with E-state index in [0.29, 0.717) is 22.8 Å². The van der Waals surface area contributed by atoms with Gasteiger partial charge in [-0.2, -0.15) is 0 Å². The Labute approximate surface area is 213 Å². The largest absolute Gasteiger partial charge is 0.353 e. The number of nitrogens with one attached hydrogen (secondary N) is 3. The highest BCUT2D eigenvalue weighted by molar-refractivity contribution is 6.31. The molecule has 0 bridgehead atoms. The van der Waals surface area contributed by atoms with Crippen LogP contribution in [-0.4, -0.2) is 80.5 Å². The lowest BCUT2D eigenvalue weighted by atomic mass is 9.68. The number of carbonyl (C=O) groups excluding carboxylic acids is 2. The van der Waals surface area contributed by atoms with Crippen LogP contribution in [0, 0.1) is 5.82 Å². The average molecular weight is 520 g/mol. The van der Waals surface area contributed by atoms with Crippen LogP contribution in [0.3, 0.4) is 0 Å². The molecule has 0 aliphatic carbocycles. The molecule has 3 aliphatic heterocycles. The zero-order chi connectivity index (χ0) is 24.7. The van der Waals surface area contributed by atoms with Crippen LogP contribution >= 0.6 is 23.2 Å². The summed E-state index contributed by atoms with van der Waals surface area (Å²) in [5, 5.41) is 9.60. The monoisotopic (exact) mass is 519 g/mol. The lowest BCUT2D eigenvalue weighted by Crippen LogP contribution is -2.49. The Morgan fingerprint density at radius 1 is 1.20 bits per heavy atom. The number of hydrogen-bond acceptors (Lipinski definition) is 5. The molecule has 2 saturated heterocycles. The van der Waals surface area contributed by atoms with E-state index in [1.807, 2.05) is 6.07 Å². The number of fused-ring (bicyclic) bond motifs is 2. The van der Waals surface area contributed by atoms with Crippen molar-refractivity contribution >= 4 is 40.7 Å². The number of nitrogens with zero attached hydrogens (tertiary/aromatic N) is 2. The van der Waals surface area contributed by atoms with E-state index in [2.05, 4.69) is 32.8 Å². The number of anilines is 1. The Morgan fingerprint density at radius 2 is 1.97 bits per heavy atom. The fraction of sp³-hybridized carbons (Fsp3) is 0.440. The van der Waals surface area contributed by atoms with Gasteiger partial charge in [0.2, 0.25) is 11.8 Å². The first-order valence-electron chi connectivity index (χ1n) is 11.8. The Kier molecular flexibility index (Phi) is 6.76. The predicted molar refractivity (Wildman–Crippen MR) is 135 cm³/mol. The van der Waals surface area contributed by atoms with Gasteiger partial charge < -0.3 is 20.9 Å². The topological polar surface area (TPSA) is 76.7 Å². The molecule has 10 heteroatoms. The molecule has 35 heavy (non-hydrogen) atoms. The van der Waals surface area contributed by atoms with Gasteiger partial charge >= 0.3 is 0 Å². The normalized spacial score (nSPS) is 26.7. The summed E-state index contributed by atoms with van der Waals surface area (Å²) < 4.78 is 14.6. The van der Waals surface area contributed by atoms with Gasteiger partial charge in [0.1, 0.15) is 5.82 Å². The zero-order valence-electron chi connectivity index (χ0n) is 19.4. The second-order valence-electron chi connectivity index (χ2n) is 9.56. The van der Waals surface area contributed by atoms with Crippen molar-refractivity contribution in [2.75, 3.05) is 58.2 Å². The van der Waals surface area contributed by atoms with Crippen LogP contribution in [0.1, 0.15) is 17.0 Å². The van der Waals surface area contributed by atoms with E-state index in [1.165, 1.54) is 12.1 Å². The molecule has 2 amide bonds. The van der Waals surface area contributed by atoms with E-state index in [4.69, 9.17) is 23.2 Å². The third kappa shape index (κ3) is 4.42.